The normalized spacial score (nSPS) is 15.2. The van der Waals surface area contributed by atoms with Crippen molar-refractivity contribution in [3.8, 4) is 11.1 Å². The molecule has 0 bridgehead atoms. The summed E-state index contributed by atoms with van der Waals surface area (Å²) in [7, 11) is 1.35. The lowest BCUT2D eigenvalue weighted by Gasteiger charge is -2.17. The Morgan fingerprint density at radius 1 is 1.28 bits per heavy atom. The van der Waals surface area contributed by atoms with Gasteiger partial charge in [-0.2, -0.15) is 0 Å². The summed E-state index contributed by atoms with van der Waals surface area (Å²) in [6, 6.07) is 7.16. The zero-order chi connectivity index (χ0) is 17.6. The maximum atomic E-state index is 11.9. The Bertz CT molecular complexity index is 1010. The summed E-state index contributed by atoms with van der Waals surface area (Å²) in [4.78, 5) is 26.8. The first-order valence-electron chi connectivity index (χ1n) is 7.70. The zero-order valence-electron chi connectivity index (χ0n) is 13.4. The number of primary amides is 1. The van der Waals surface area contributed by atoms with Crippen molar-refractivity contribution in [2.75, 3.05) is 12.4 Å². The predicted molar refractivity (Wildman–Crippen MR) is 90.8 cm³/mol. The molecule has 25 heavy (non-hydrogen) atoms. The highest BCUT2D eigenvalue weighted by Gasteiger charge is 2.30. The molecule has 1 unspecified atom stereocenters. The van der Waals surface area contributed by atoms with E-state index in [2.05, 4.69) is 20.5 Å². The van der Waals surface area contributed by atoms with Crippen molar-refractivity contribution in [2.45, 2.75) is 12.5 Å². The molecule has 3 heterocycles. The molecule has 126 valence electrons. The number of fused-ring (bicyclic) bond motifs is 2. The first kappa shape index (κ1) is 15.1. The molecule has 8 nitrogen and oxygen atoms in total. The molecule has 8 heteroatoms. The second-order valence-electron chi connectivity index (χ2n) is 5.78. The molecule has 4 rings (SSSR count). The number of benzene rings is 1. The Morgan fingerprint density at radius 2 is 2.08 bits per heavy atom. The number of amides is 1. The van der Waals surface area contributed by atoms with Gasteiger partial charge in [-0.05, 0) is 6.07 Å². The minimum Gasteiger partial charge on any atom is -0.469 e. The Kier molecular flexibility index (Phi) is 3.38. The first-order chi connectivity index (χ1) is 12.1. The maximum absolute atomic E-state index is 11.9. The standard InChI is InChI=1S/C17H15N5O3/c1-25-12(23)6-11-9-7-19-17-14(9)13(15(16(18)24)21-22-17)8-4-2-3-5-10(8)20-11/h2-5,7,11,20H,6H2,1H3,(H2,18,24)(H,19,22). The number of nitrogens with one attached hydrogen (secondary N) is 2. The van der Waals surface area contributed by atoms with E-state index in [4.69, 9.17) is 10.5 Å². The number of carbonyl (C=O) groups is 2. The van der Waals surface area contributed by atoms with Crippen LogP contribution >= 0.6 is 0 Å². The van der Waals surface area contributed by atoms with Gasteiger partial charge in [0.05, 0.1) is 19.6 Å². The van der Waals surface area contributed by atoms with Crippen LogP contribution in [0.3, 0.4) is 0 Å². The molecule has 0 fully saturated rings. The third-order valence-electron chi connectivity index (χ3n) is 4.36. The summed E-state index contributed by atoms with van der Waals surface area (Å²) in [5.74, 6) is -0.998. The molecule has 1 aromatic carbocycles. The Hall–Kier alpha value is -3.42. The minimum absolute atomic E-state index is 0.0984. The van der Waals surface area contributed by atoms with E-state index >= 15 is 0 Å². The number of esters is 1. The van der Waals surface area contributed by atoms with Crippen LogP contribution in [0.4, 0.5) is 5.69 Å². The Balaban J connectivity index is 2.06. The van der Waals surface area contributed by atoms with E-state index in [1.807, 2.05) is 24.3 Å². The van der Waals surface area contributed by atoms with Crippen LogP contribution in [0.2, 0.25) is 0 Å². The van der Waals surface area contributed by atoms with E-state index in [1.165, 1.54) is 7.11 Å². The lowest BCUT2D eigenvalue weighted by Crippen LogP contribution is -2.15. The van der Waals surface area contributed by atoms with Gasteiger partial charge < -0.3 is 20.8 Å². The van der Waals surface area contributed by atoms with Crippen molar-refractivity contribution in [1.29, 1.82) is 0 Å². The smallest absolute Gasteiger partial charge is 0.307 e. The van der Waals surface area contributed by atoms with Crippen molar-refractivity contribution in [1.82, 2.24) is 15.2 Å². The molecule has 2 aromatic heterocycles. The predicted octanol–water partition coefficient (Wildman–Crippen LogP) is 1.75. The van der Waals surface area contributed by atoms with Crippen LogP contribution in [0, 0.1) is 0 Å². The molecule has 1 aliphatic heterocycles. The van der Waals surface area contributed by atoms with Gasteiger partial charge >= 0.3 is 5.97 Å². The van der Waals surface area contributed by atoms with Gasteiger partial charge in [0.1, 0.15) is 0 Å². The Labute approximate surface area is 142 Å². The topological polar surface area (TPSA) is 123 Å². The number of nitrogens with zero attached hydrogens (tertiary/aromatic N) is 2. The molecule has 3 aromatic rings. The number of para-hydroxylation sites is 1. The van der Waals surface area contributed by atoms with Crippen LogP contribution in [-0.4, -0.2) is 34.2 Å². The molecule has 0 saturated heterocycles. The third kappa shape index (κ3) is 2.30. The molecular formula is C17H15N5O3. The molecule has 0 radical (unpaired) electrons. The largest absolute Gasteiger partial charge is 0.469 e. The van der Waals surface area contributed by atoms with Gasteiger partial charge in [0.2, 0.25) is 0 Å². The average Bonchev–Trinajstić information content (AvgIpc) is 2.98. The van der Waals surface area contributed by atoms with Gasteiger partial charge in [-0.3, -0.25) is 9.59 Å². The van der Waals surface area contributed by atoms with Gasteiger partial charge in [0, 0.05) is 34.0 Å². The lowest BCUT2D eigenvalue weighted by molar-refractivity contribution is -0.140. The first-order valence-corrected chi connectivity index (χ1v) is 7.70. The highest BCUT2D eigenvalue weighted by atomic mass is 16.5. The fraction of sp³-hybridized carbons (Fsp3) is 0.176. The van der Waals surface area contributed by atoms with Crippen molar-refractivity contribution >= 4 is 28.6 Å². The monoisotopic (exact) mass is 337 g/mol. The number of H-pyrrole nitrogens is 1. The Morgan fingerprint density at radius 3 is 2.84 bits per heavy atom. The van der Waals surface area contributed by atoms with Gasteiger partial charge in [-0.25, -0.2) is 0 Å². The molecule has 1 aliphatic rings. The van der Waals surface area contributed by atoms with Crippen molar-refractivity contribution in [2.24, 2.45) is 5.73 Å². The molecule has 0 spiro atoms. The van der Waals surface area contributed by atoms with Crippen LogP contribution in [0.5, 0.6) is 0 Å². The summed E-state index contributed by atoms with van der Waals surface area (Å²) in [5, 5.41) is 12.1. The fourth-order valence-corrected chi connectivity index (χ4v) is 3.25. The number of methoxy groups -OCH3 is 1. The number of carbonyl (C=O) groups excluding carboxylic acids is 2. The molecule has 4 N–H and O–H groups in total. The minimum atomic E-state index is -0.655. The van der Waals surface area contributed by atoms with Gasteiger partial charge in [-0.1, -0.05) is 18.2 Å². The van der Waals surface area contributed by atoms with Gasteiger partial charge in [-0.15, -0.1) is 10.2 Å². The summed E-state index contributed by atoms with van der Waals surface area (Å²) in [5.41, 5.74) is 9.14. The maximum Gasteiger partial charge on any atom is 0.307 e. The van der Waals surface area contributed by atoms with E-state index in [-0.39, 0.29) is 24.1 Å². The number of aromatic amines is 1. The van der Waals surface area contributed by atoms with Crippen molar-refractivity contribution in [3.63, 3.8) is 0 Å². The van der Waals surface area contributed by atoms with Crippen LogP contribution in [-0.2, 0) is 9.53 Å². The van der Waals surface area contributed by atoms with Crippen molar-refractivity contribution < 1.29 is 14.3 Å². The third-order valence-corrected chi connectivity index (χ3v) is 4.36. The number of aromatic nitrogens is 3. The number of rotatable bonds is 3. The molecule has 1 amide bonds. The summed E-state index contributed by atoms with van der Waals surface area (Å²) < 4.78 is 4.81. The highest BCUT2D eigenvalue weighted by Crippen LogP contribution is 2.43. The second-order valence-corrected chi connectivity index (χ2v) is 5.78. The van der Waals surface area contributed by atoms with Crippen LogP contribution in [0.15, 0.2) is 30.5 Å². The molecule has 1 atom stereocenters. The highest BCUT2D eigenvalue weighted by molar-refractivity contribution is 6.10. The molecular weight excluding hydrogens is 322 g/mol. The SMILES string of the molecule is COC(=O)CC1Nc2ccccc2-c2c(C(N)=O)nnc3[nH]cc1c23. The van der Waals surface area contributed by atoms with E-state index in [0.29, 0.717) is 11.2 Å². The molecule has 0 aliphatic carbocycles. The van der Waals surface area contributed by atoms with E-state index in [9.17, 15) is 9.59 Å². The average molecular weight is 337 g/mol. The van der Waals surface area contributed by atoms with Gasteiger partial charge in [0.15, 0.2) is 11.3 Å². The second kappa shape index (κ2) is 5.59. The number of anilines is 1. The van der Waals surface area contributed by atoms with Gasteiger partial charge in [0.25, 0.3) is 5.91 Å². The summed E-state index contributed by atoms with van der Waals surface area (Å²) in [6.07, 6.45) is 1.89. The van der Waals surface area contributed by atoms with Crippen molar-refractivity contribution in [3.05, 3.63) is 41.7 Å². The van der Waals surface area contributed by atoms with Crippen LogP contribution < -0.4 is 11.1 Å². The van der Waals surface area contributed by atoms with Crippen LogP contribution in [0.1, 0.15) is 28.5 Å². The van der Waals surface area contributed by atoms with Crippen LogP contribution in [0.25, 0.3) is 22.2 Å². The number of hydrogen-bond donors (Lipinski definition) is 3. The number of ether oxygens (including phenoxy) is 1. The lowest BCUT2D eigenvalue weighted by atomic mass is 9.97. The number of hydrogen-bond acceptors (Lipinski definition) is 6. The van der Waals surface area contributed by atoms with E-state index in [1.54, 1.807) is 6.20 Å². The quantitative estimate of drug-likeness (QED) is 0.626. The summed E-state index contributed by atoms with van der Waals surface area (Å²) in [6.45, 7) is 0. The summed E-state index contributed by atoms with van der Waals surface area (Å²) >= 11 is 0. The molecule has 0 saturated carbocycles. The number of nitrogens with two attached hydrogens (primary N) is 1. The zero-order valence-corrected chi connectivity index (χ0v) is 13.4. The van der Waals surface area contributed by atoms with E-state index in [0.717, 1.165) is 22.2 Å². The van der Waals surface area contributed by atoms with E-state index < -0.39 is 5.91 Å². The fourth-order valence-electron chi connectivity index (χ4n) is 3.25.